The molecule has 14 heavy (non-hydrogen) atoms. The first kappa shape index (κ1) is 9.10. The smallest absolute Gasteiger partial charge is 0.239 e. The largest absolute Gasteiger partial charge is 0.292 e. The van der Waals surface area contributed by atoms with Gasteiger partial charge in [0.25, 0.3) is 0 Å². The molecule has 0 saturated carbocycles. The number of halogens is 1. The molecule has 0 aliphatic rings. The predicted octanol–water partition coefficient (Wildman–Crippen LogP) is 0.710. The van der Waals surface area contributed by atoms with Crippen LogP contribution in [0.3, 0.4) is 0 Å². The van der Waals surface area contributed by atoms with Gasteiger partial charge >= 0.3 is 0 Å². The van der Waals surface area contributed by atoms with Crippen LogP contribution in [0.2, 0.25) is 0 Å². The van der Waals surface area contributed by atoms with Crippen LogP contribution in [-0.4, -0.2) is 19.7 Å². The van der Waals surface area contributed by atoms with Gasteiger partial charge < -0.3 is 0 Å². The van der Waals surface area contributed by atoms with E-state index in [-0.39, 0.29) is 0 Å². The number of hydrogen-bond donors (Lipinski definition) is 2. The summed E-state index contributed by atoms with van der Waals surface area (Å²) in [6, 6.07) is 1.81. The molecule has 0 aliphatic carbocycles. The SMILES string of the molecule is NNc1ncc(Br)c(-n2cccn2)n1. The molecule has 0 spiro atoms. The van der Waals surface area contributed by atoms with Crippen molar-refractivity contribution in [3.05, 3.63) is 29.1 Å². The van der Waals surface area contributed by atoms with E-state index in [1.807, 2.05) is 6.07 Å². The van der Waals surface area contributed by atoms with E-state index >= 15 is 0 Å². The molecule has 2 aromatic rings. The Hall–Kier alpha value is -1.47. The van der Waals surface area contributed by atoms with Crippen LogP contribution in [0, 0.1) is 0 Å². The highest BCUT2D eigenvalue weighted by molar-refractivity contribution is 9.10. The Morgan fingerprint density at radius 2 is 2.36 bits per heavy atom. The summed E-state index contributed by atoms with van der Waals surface area (Å²) in [4.78, 5) is 8.07. The van der Waals surface area contributed by atoms with E-state index in [1.54, 1.807) is 23.3 Å². The Balaban J connectivity index is 2.51. The van der Waals surface area contributed by atoms with Crippen LogP contribution in [0.25, 0.3) is 5.82 Å². The molecule has 0 saturated heterocycles. The topological polar surface area (TPSA) is 81.6 Å². The predicted molar refractivity (Wildman–Crippen MR) is 54.7 cm³/mol. The minimum atomic E-state index is 0.346. The number of nitrogens with two attached hydrogens (primary N) is 1. The van der Waals surface area contributed by atoms with Crippen LogP contribution in [0.15, 0.2) is 29.1 Å². The van der Waals surface area contributed by atoms with Crippen molar-refractivity contribution >= 4 is 21.9 Å². The zero-order chi connectivity index (χ0) is 9.97. The van der Waals surface area contributed by atoms with Crippen molar-refractivity contribution < 1.29 is 0 Å². The fourth-order valence-electron chi connectivity index (χ4n) is 0.982. The van der Waals surface area contributed by atoms with Gasteiger partial charge in [-0.15, -0.1) is 0 Å². The summed E-state index contributed by atoms with van der Waals surface area (Å²) in [5.41, 5.74) is 2.37. The quantitative estimate of drug-likeness (QED) is 0.610. The maximum absolute atomic E-state index is 5.20. The summed E-state index contributed by atoms with van der Waals surface area (Å²) in [5, 5.41) is 4.05. The van der Waals surface area contributed by atoms with E-state index in [1.165, 1.54) is 0 Å². The molecule has 72 valence electrons. The first-order valence-electron chi connectivity index (χ1n) is 3.80. The van der Waals surface area contributed by atoms with Crippen LogP contribution in [-0.2, 0) is 0 Å². The lowest BCUT2D eigenvalue weighted by Crippen LogP contribution is -2.12. The maximum atomic E-state index is 5.20. The Morgan fingerprint density at radius 1 is 1.50 bits per heavy atom. The summed E-state index contributed by atoms with van der Waals surface area (Å²) in [6.07, 6.45) is 5.07. The Kier molecular flexibility index (Phi) is 2.42. The molecule has 2 heterocycles. The van der Waals surface area contributed by atoms with Gasteiger partial charge in [-0.2, -0.15) is 10.1 Å². The standard InChI is InChI=1S/C7H7BrN6/c8-5-4-10-7(13-9)12-6(5)14-3-1-2-11-14/h1-4H,9H2,(H,10,12,13). The summed E-state index contributed by atoms with van der Waals surface area (Å²) in [6.45, 7) is 0. The zero-order valence-electron chi connectivity index (χ0n) is 7.05. The second-order valence-corrected chi connectivity index (χ2v) is 3.31. The van der Waals surface area contributed by atoms with Crippen LogP contribution in [0.4, 0.5) is 5.95 Å². The Labute approximate surface area is 88.3 Å². The summed E-state index contributed by atoms with van der Waals surface area (Å²) in [7, 11) is 0. The highest BCUT2D eigenvalue weighted by Gasteiger charge is 2.05. The van der Waals surface area contributed by atoms with Crippen LogP contribution < -0.4 is 11.3 Å². The second-order valence-electron chi connectivity index (χ2n) is 2.46. The minimum absolute atomic E-state index is 0.346. The van der Waals surface area contributed by atoms with Gasteiger partial charge in [-0.1, -0.05) is 0 Å². The van der Waals surface area contributed by atoms with Gasteiger partial charge in [0.1, 0.15) is 0 Å². The molecule has 0 unspecified atom stereocenters. The fraction of sp³-hybridized carbons (Fsp3) is 0. The van der Waals surface area contributed by atoms with E-state index in [9.17, 15) is 0 Å². The van der Waals surface area contributed by atoms with Gasteiger partial charge in [0, 0.05) is 18.6 Å². The van der Waals surface area contributed by atoms with E-state index in [0.717, 1.165) is 4.47 Å². The molecule has 0 fully saturated rings. The van der Waals surface area contributed by atoms with Crippen molar-refractivity contribution in [2.24, 2.45) is 5.84 Å². The summed E-state index contributed by atoms with van der Waals surface area (Å²) >= 11 is 3.33. The third kappa shape index (κ3) is 1.59. The third-order valence-corrected chi connectivity index (χ3v) is 2.14. The highest BCUT2D eigenvalue weighted by atomic mass is 79.9. The van der Waals surface area contributed by atoms with E-state index in [2.05, 4.69) is 36.4 Å². The molecule has 2 aromatic heterocycles. The van der Waals surface area contributed by atoms with Gasteiger partial charge in [-0.05, 0) is 22.0 Å². The van der Waals surface area contributed by atoms with Crippen molar-refractivity contribution in [2.75, 3.05) is 5.43 Å². The second kappa shape index (κ2) is 3.72. The van der Waals surface area contributed by atoms with E-state index in [4.69, 9.17) is 5.84 Å². The van der Waals surface area contributed by atoms with Crippen molar-refractivity contribution in [2.45, 2.75) is 0 Å². The average molecular weight is 255 g/mol. The average Bonchev–Trinajstić information content (AvgIpc) is 2.71. The highest BCUT2D eigenvalue weighted by Crippen LogP contribution is 2.17. The lowest BCUT2D eigenvalue weighted by molar-refractivity contribution is 0.834. The first-order chi connectivity index (χ1) is 6.81. The van der Waals surface area contributed by atoms with Gasteiger partial charge in [0.2, 0.25) is 5.95 Å². The summed E-state index contributed by atoms with van der Waals surface area (Å²) in [5.74, 6) is 6.19. The van der Waals surface area contributed by atoms with E-state index in [0.29, 0.717) is 11.8 Å². The van der Waals surface area contributed by atoms with Crippen molar-refractivity contribution in [1.82, 2.24) is 19.7 Å². The number of hydrogen-bond acceptors (Lipinski definition) is 5. The van der Waals surface area contributed by atoms with Crippen LogP contribution >= 0.6 is 15.9 Å². The maximum Gasteiger partial charge on any atom is 0.239 e. The first-order valence-corrected chi connectivity index (χ1v) is 4.60. The number of rotatable bonds is 2. The molecule has 0 atom stereocenters. The molecule has 7 heteroatoms. The van der Waals surface area contributed by atoms with Gasteiger partial charge in [-0.25, -0.2) is 15.5 Å². The number of aromatic nitrogens is 4. The van der Waals surface area contributed by atoms with Crippen molar-refractivity contribution in [3.63, 3.8) is 0 Å². The van der Waals surface area contributed by atoms with Crippen LogP contribution in [0.5, 0.6) is 0 Å². The van der Waals surface area contributed by atoms with Crippen molar-refractivity contribution in [1.29, 1.82) is 0 Å². The number of nitrogen functional groups attached to an aromatic ring is 1. The zero-order valence-corrected chi connectivity index (χ0v) is 8.64. The number of nitrogens with zero attached hydrogens (tertiary/aromatic N) is 4. The van der Waals surface area contributed by atoms with Gasteiger partial charge in [0.05, 0.1) is 4.47 Å². The van der Waals surface area contributed by atoms with Gasteiger partial charge in [-0.3, -0.25) is 5.43 Å². The molecule has 0 amide bonds. The molecular formula is C7H7BrN6. The van der Waals surface area contributed by atoms with Crippen molar-refractivity contribution in [3.8, 4) is 5.82 Å². The fourth-order valence-corrected chi connectivity index (χ4v) is 1.36. The monoisotopic (exact) mass is 254 g/mol. The lowest BCUT2D eigenvalue weighted by atomic mass is 10.6. The Bertz CT molecular complexity index is 426. The molecule has 0 aromatic carbocycles. The Morgan fingerprint density at radius 3 is 3.00 bits per heavy atom. The molecule has 2 rings (SSSR count). The molecule has 0 radical (unpaired) electrons. The lowest BCUT2D eigenvalue weighted by Gasteiger charge is -2.04. The van der Waals surface area contributed by atoms with E-state index < -0.39 is 0 Å². The molecular weight excluding hydrogens is 248 g/mol. The molecule has 0 aliphatic heterocycles. The number of anilines is 1. The molecule has 6 nitrogen and oxygen atoms in total. The normalized spacial score (nSPS) is 10.1. The van der Waals surface area contributed by atoms with Crippen LogP contribution in [0.1, 0.15) is 0 Å². The summed E-state index contributed by atoms with van der Waals surface area (Å²) < 4.78 is 2.37. The van der Waals surface area contributed by atoms with Gasteiger partial charge in [0.15, 0.2) is 5.82 Å². The molecule has 3 N–H and O–H groups in total. The number of nitrogens with one attached hydrogen (secondary N) is 1. The number of hydrazine groups is 1. The molecule has 0 bridgehead atoms. The minimum Gasteiger partial charge on any atom is -0.292 e. The third-order valence-electron chi connectivity index (χ3n) is 1.58.